The van der Waals surface area contributed by atoms with Crippen LogP contribution in [-0.2, 0) is 16.6 Å². The highest BCUT2D eigenvalue weighted by atomic mass is 16.5. The molecule has 0 radical (unpaired) electrons. The lowest BCUT2D eigenvalue weighted by Gasteiger charge is -2.36. The quantitative estimate of drug-likeness (QED) is 0.857. The fraction of sp³-hybridized carbons (Fsp3) is 0.471. The van der Waals surface area contributed by atoms with E-state index in [2.05, 4.69) is 11.2 Å². The second-order valence-electron chi connectivity index (χ2n) is 7.04. The predicted octanol–water partition coefficient (Wildman–Crippen LogP) is 2.18. The highest BCUT2D eigenvalue weighted by Crippen LogP contribution is 2.47. The van der Waals surface area contributed by atoms with Gasteiger partial charge in [0.25, 0.3) is 0 Å². The second-order valence-corrected chi connectivity index (χ2v) is 7.04. The molecule has 1 aliphatic carbocycles. The van der Waals surface area contributed by atoms with Crippen LogP contribution in [0.25, 0.3) is 0 Å². The van der Waals surface area contributed by atoms with Crippen molar-refractivity contribution in [1.29, 1.82) is 5.26 Å². The van der Waals surface area contributed by atoms with E-state index in [0.717, 1.165) is 5.69 Å². The highest BCUT2D eigenvalue weighted by Gasteiger charge is 2.43. The molecular formula is C17H20N4O2. The van der Waals surface area contributed by atoms with E-state index in [1.165, 1.54) is 0 Å². The minimum atomic E-state index is -0.535. The average molecular weight is 312 g/mol. The molecule has 6 heteroatoms. The first-order valence-corrected chi connectivity index (χ1v) is 7.58. The van der Waals surface area contributed by atoms with Crippen LogP contribution in [0.1, 0.15) is 44.0 Å². The van der Waals surface area contributed by atoms with Gasteiger partial charge < -0.3 is 10.5 Å². The maximum atomic E-state index is 12.7. The third-order valence-corrected chi connectivity index (χ3v) is 4.50. The number of hydrogen-bond donors (Lipinski definition) is 1. The topological polar surface area (TPSA) is 93.9 Å². The highest BCUT2D eigenvalue weighted by molar-refractivity contribution is 5.99. The van der Waals surface area contributed by atoms with E-state index in [1.54, 1.807) is 4.68 Å². The van der Waals surface area contributed by atoms with Crippen LogP contribution in [-0.4, -0.2) is 15.6 Å². The molecule has 1 aliphatic heterocycles. The van der Waals surface area contributed by atoms with E-state index in [9.17, 15) is 10.1 Å². The van der Waals surface area contributed by atoms with Crippen LogP contribution in [0.15, 0.2) is 28.9 Å². The van der Waals surface area contributed by atoms with Gasteiger partial charge in [-0.25, -0.2) is 0 Å². The number of nitrogens with two attached hydrogens (primary N) is 1. The molecule has 23 heavy (non-hydrogen) atoms. The van der Waals surface area contributed by atoms with Crippen LogP contribution in [0.2, 0.25) is 0 Å². The Morgan fingerprint density at radius 3 is 2.74 bits per heavy atom. The number of aromatic nitrogens is 2. The van der Waals surface area contributed by atoms with Crippen molar-refractivity contribution in [2.75, 3.05) is 0 Å². The molecule has 0 spiro atoms. The number of Topliss-reactive ketones (excluding diaryl/α,β-unsaturated/α-hetero) is 1. The van der Waals surface area contributed by atoms with Crippen molar-refractivity contribution < 1.29 is 9.53 Å². The van der Waals surface area contributed by atoms with Crippen LogP contribution in [0.4, 0.5) is 0 Å². The summed E-state index contributed by atoms with van der Waals surface area (Å²) in [7, 11) is 1.83. The zero-order chi connectivity index (χ0) is 16.9. The van der Waals surface area contributed by atoms with Crippen LogP contribution in [0.3, 0.4) is 0 Å². The van der Waals surface area contributed by atoms with E-state index in [4.69, 9.17) is 10.5 Å². The third kappa shape index (κ3) is 2.42. The molecule has 0 fully saturated rings. The number of ketones is 1. The molecule has 2 aliphatic rings. The van der Waals surface area contributed by atoms with Gasteiger partial charge in [0.1, 0.15) is 17.4 Å². The van der Waals surface area contributed by atoms with Gasteiger partial charge in [-0.05, 0) is 18.4 Å². The Morgan fingerprint density at radius 2 is 2.17 bits per heavy atom. The summed E-state index contributed by atoms with van der Waals surface area (Å²) in [5, 5.41) is 14.0. The smallest absolute Gasteiger partial charge is 0.205 e. The number of nitrogens with zero attached hydrogens (tertiary/aromatic N) is 3. The molecule has 2 N–H and O–H groups in total. The Kier molecular flexibility index (Phi) is 3.33. The maximum Gasteiger partial charge on any atom is 0.205 e. The number of ether oxygens (including phenoxy) is 1. The molecular weight excluding hydrogens is 292 g/mol. The summed E-state index contributed by atoms with van der Waals surface area (Å²) in [5.74, 6) is 0.123. The molecule has 6 nitrogen and oxygen atoms in total. The van der Waals surface area contributed by atoms with Gasteiger partial charge in [0.05, 0.1) is 11.6 Å². The zero-order valence-electron chi connectivity index (χ0n) is 13.8. The number of carbonyl (C=O) groups is 1. The Balaban J connectivity index is 2.19. The lowest BCUT2D eigenvalue weighted by atomic mass is 9.71. The number of carbonyl (C=O) groups excluding carboxylic acids is 1. The molecule has 0 saturated carbocycles. The first kappa shape index (κ1) is 15.3. The van der Waals surface area contributed by atoms with E-state index < -0.39 is 5.92 Å². The molecule has 0 saturated heterocycles. The molecule has 120 valence electrons. The first-order chi connectivity index (χ1) is 10.7. The SMILES string of the molecule is Cc1cc([C@H]2C(C#N)=C(N)OC3=C2C(=O)CC(C)(C)C3)nn1C. The van der Waals surface area contributed by atoms with Crippen LogP contribution in [0, 0.1) is 23.7 Å². The zero-order valence-corrected chi connectivity index (χ0v) is 13.8. The Bertz CT molecular complexity index is 786. The van der Waals surface area contributed by atoms with Crippen molar-refractivity contribution in [3.63, 3.8) is 0 Å². The second kappa shape index (κ2) is 4.98. The number of rotatable bonds is 1. The lowest BCUT2D eigenvalue weighted by molar-refractivity contribution is -0.119. The van der Waals surface area contributed by atoms with Gasteiger partial charge in [-0.3, -0.25) is 9.48 Å². The molecule has 0 unspecified atom stereocenters. The van der Waals surface area contributed by atoms with Gasteiger partial charge in [0.2, 0.25) is 5.88 Å². The Hall–Kier alpha value is -2.55. The minimum absolute atomic E-state index is 0.00445. The summed E-state index contributed by atoms with van der Waals surface area (Å²) < 4.78 is 7.38. The predicted molar refractivity (Wildman–Crippen MR) is 83.6 cm³/mol. The summed E-state index contributed by atoms with van der Waals surface area (Å²) >= 11 is 0. The molecule has 1 atom stereocenters. The summed E-state index contributed by atoms with van der Waals surface area (Å²) in [5.41, 5.74) is 8.19. The molecule has 1 aromatic heterocycles. The number of hydrogen-bond acceptors (Lipinski definition) is 5. The van der Waals surface area contributed by atoms with Crippen molar-refractivity contribution in [3.8, 4) is 6.07 Å². The third-order valence-electron chi connectivity index (χ3n) is 4.50. The van der Waals surface area contributed by atoms with E-state index in [0.29, 0.717) is 29.9 Å². The van der Waals surface area contributed by atoms with Crippen molar-refractivity contribution in [3.05, 3.63) is 40.2 Å². The van der Waals surface area contributed by atoms with Crippen LogP contribution in [0.5, 0.6) is 0 Å². The van der Waals surface area contributed by atoms with Crippen molar-refractivity contribution in [1.82, 2.24) is 9.78 Å². The minimum Gasteiger partial charge on any atom is -0.444 e. The average Bonchev–Trinajstić information content (AvgIpc) is 2.75. The van der Waals surface area contributed by atoms with Crippen molar-refractivity contribution >= 4 is 5.78 Å². The van der Waals surface area contributed by atoms with Gasteiger partial charge in [-0.15, -0.1) is 0 Å². The summed E-state index contributed by atoms with van der Waals surface area (Å²) in [4.78, 5) is 12.7. The Morgan fingerprint density at radius 1 is 1.48 bits per heavy atom. The van der Waals surface area contributed by atoms with Gasteiger partial charge in [-0.1, -0.05) is 13.8 Å². The van der Waals surface area contributed by atoms with Crippen LogP contribution >= 0.6 is 0 Å². The molecule has 0 bridgehead atoms. The largest absolute Gasteiger partial charge is 0.444 e. The summed E-state index contributed by atoms with van der Waals surface area (Å²) in [6.07, 6.45) is 1.05. The molecule has 3 rings (SSSR count). The molecule has 0 aromatic carbocycles. The van der Waals surface area contributed by atoms with E-state index in [1.807, 2.05) is 33.9 Å². The van der Waals surface area contributed by atoms with Crippen molar-refractivity contribution in [2.45, 2.75) is 39.5 Å². The van der Waals surface area contributed by atoms with Crippen molar-refractivity contribution in [2.24, 2.45) is 18.2 Å². The van der Waals surface area contributed by atoms with Crippen LogP contribution < -0.4 is 5.73 Å². The Labute approximate surface area is 135 Å². The van der Waals surface area contributed by atoms with Gasteiger partial charge in [0, 0.05) is 31.2 Å². The number of allylic oxidation sites excluding steroid dienone is 3. The summed E-state index contributed by atoms with van der Waals surface area (Å²) in [6, 6.07) is 3.99. The van der Waals surface area contributed by atoms with E-state index >= 15 is 0 Å². The van der Waals surface area contributed by atoms with Gasteiger partial charge >= 0.3 is 0 Å². The fourth-order valence-corrected chi connectivity index (χ4v) is 3.31. The molecule has 1 aromatic rings. The number of aryl methyl sites for hydroxylation is 2. The van der Waals surface area contributed by atoms with E-state index in [-0.39, 0.29) is 22.7 Å². The maximum absolute atomic E-state index is 12.7. The van der Waals surface area contributed by atoms with Gasteiger partial charge in [0.15, 0.2) is 5.78 Å². The molecule has 0 amide bonds. The standard InChI is InChI=1S/C17H20N4O2/c1-9-5-11(20-21(9)4)14-10(8-18)16(19)23-13-7-17(2,3)6-12(22)15(13)14/h5,14H,6-7,19H2,1-4H3/t14-/m1/s1. The van der Waals surface area contributed by atoms with Gasteiger partial charge in [-0.2, -0.15) is 10.4 Å². The summed E-state index contributed by atoms with van der Waals surface area (Å²) in [6.45, 7) is 5.98. The fourth-order valence-electron chi connectivity index (χ4n) is 3.31. The normalized spacial score (nSPS) is 23.4. The first-order valence-electron chi connectivity index (χ1n) is 7.58. The monoisotopic (exact) mass is 312 g/mol. The number of nitriles is 1. The lowest BCUT2D eigenvalue weighted by Crippen LogP contribution is -2.33. The molecule has 2 heterocycles.